The van der Waals surface area contributed by atoms with E-state index in [4.69, 9.17) is 10.5 Å². The lowest BCUT2D eigenvalue weighted by Gasteiger charge is -2.07. The number of hydrogen-bond donors (Lipinski definition) is 2. The fourth-order valence-electron chi connectivity index (χ4n) is 2.96. The van der Waals surface area contributed by atoms with Gasteiger partial charge in [0.05, 0.1) is 0 Å². The fraction of sp³-hybridized carbons (Fsp3) is 0.0417. The Morgan fingerprint density at radius 2 is 1.62 bits per heavy atom. The Morgan fingerprint density at radius 1 is 0.969 bits per heavy atom. The average Bonchev–Trinajstić information content (AvgIpc) is 3.21. The number of carbonyl (C=O) groups is 2. The molecule has 0 radical (unpaired) electrons. The molecule has 0 unspecified atom stereocenters. The maximum absolute atomic E-state index is 13.3. The van der Waals surface area contributed by atoms with Gasteiger partial charge in [-0.3, -0.25) is 14.9 Å². The minimum atomic E-state index is -0.506. The number of carbonyl (C=O) groups excluding carboxylic acids is 2. The predicted molar refractivity (Wildman–Crippen MR) is 121 cm³/mol. The number of nitrogens with zero attached hydrogens (tertiary/aromatic N) is 1. The summed E-state index contributed by atoms with van der Waals surface area (Å²) >= 11 is 1.34. The van der Waals surface area contributed by atoms with Gasteiger partial charge in [-0.1, -0.05) is 12.1 Å². The third-order valence-electron chi connectivity index (χ3n) is 4.53. The third-order valence-corrected chi connectivity index (χ3v) is 5.45. The molecule has 0 aliphatic heterocycles. The SMILES string of the molecule is NC(=O)c1ccc(Oc2ccc(C(=O)Nc3ncc(Cc4cccc(F)c4)s3)cc2)cc1. The summed E-state index contributed by atoms with van der Waals surface area (Å²) in [6.45, 7) is 0. The largest absolute Gasteiger partial charge is 0.457 e. The Kier molecular flexibility index (Phi) is 6.23. The van der Waals surface area contributed by atoms with Crippen LogP contribution in [0.5, 0.6) is 11.5 Å². The van der Waals surface area contributed by atoms with Gasteiger partial charge in [-0.05, 0) is 66.2 Å². The Labute approximate surface area is 187 Å². The molecule has 3 aromatic carbocycles. The summed E-state index contributed by atoms with van der Waals surface area (Å²) in [5.41, 5.74) is 6.90. The van der Waals surface area contributed by atoms with Crippen molar-refractivity contribution < 1.29 is 18.7 Å². The van der Waals surface area contributed by atoms with Gasteiger partial charge >= 0.3 is 0 Å². The molecule has 6 nitrogen and oxygen atoms in total. The van der Waals surface area contributed by atoms with Crippen LogP contribution >= 0.6 is 11.3 Å². The highest BCUT2D eigenvalue weighted by atomic mass is 32.1. The number of thiazole rings is 1. The molecule has 4 aromatic rings. The van der Waals surface area contributed by atoms with Gasteiger partial charge in [-0.15, -0.1) is 11.3 Å². The highest BCUT2D eigenvalue weighted by Gasteiger charge is 2.10. The predicted octanol–water partition coefficient (Wildman–Crippen LogP) is 5.02. The molecule has 8 heteroatoms. The van der Waals surface area contributed by atoms with Crippen molar-refractivity contribution in [3.05, 3.63) is 106 Å². The summed E-state index contributed by atoms with van der Waals surface area (Å²) in [6.07, 6.45) is 2.21. The smallest absolute Gasteiger partial charge is 0.257 e. The molecule has 2 amide bonds. The molecule has 0 aliphatic carbocycles. The molecule has 0 atom stereocenters. The maximum Gasteiger partial charge on any atom is 0.257 e. The third kappa shape index (κ3) is 5.35. The number of aromatic nitrogens is 1. The summed E-state index contributed by atoms with van der Waals surface area (Å²) in [6, 6.07) is 19.5. The number of halogens is 1. The number of anilines is 1. The lowest BCUT2D eigenvalue weighted by atomic mass is 10.1. The summed E-state index contributed by atoms with van der Waals surface area (Å²) in [5, 5.41) is 3.24. The van der Waals surface area contributed by atoms with Crippen molar-refractivity contribution in [1.29, 1.82) is 0 Å². The number of ether oxygens (including phenoxy) is 1. The van der Waals surface area contributed by atoms with Gasteiger partial charge in [0.2, 0.25) is 5.91 Å². The van der Waals surface area contributed by atoms with E-state index in [1.807, 2.05) is 6.07 Å². The van der Waals surface area contributed by atoms with Crippen molar-refractivity contribution in [1.82, 2.24) is 4.98 Å². The summed E-state index contributed by atoms with van der Waals surface area (Å²) < 4.78 is 19.0. The first-order valence-corrected chi connectivity index (χ1v) is 10.5. The van der Waals surface area contributed by atoms with E-state index in [2.05, 4.69) is 10.3 Å². The monoisotopic (exact) mass is 447 g/mol. The zero-order valence-corrected chi connectivity index (χ0v) is 17.6. The summed E-state index contributed by atoms with van der Waals surface area (Å²) in [4.78, 5) is 28.8. The van der Waals surface area contributed by atoms with Crippen LogP contribution in [0.2, 0.25) is 0 Å². The molecule has 0 bridgehead atoms. The van der Waals surface area contributed by atoms with Crippen LogP contribution in [0.4, 0.5) is 9.52 Å². The molecule has 160 valence electrons. The Morgan fingerprint density at radius 3 is 2.25 bits per heavy atom. The van der Waals surface area contributed by atoms with E-state index in [-0.39, 0.29) is 11.7 Å². The Hall–Kier alpha value is -4.04. The second-order valence-electron chi connectivity index (χ2n) is 6.91. The lowest BCUT2D eigenvalue weighted by Crippen LogP contribution is -2.11. The molecule has 1 aromatic heterocycles. The van der Waals surface area contributed by atoms with Crippen molar-refractivity contribution in [3.63, 3.8) is 0 Å². The van der Waals surface area contributed by atoms with E-state index in [1.165, 1.54) is 23.5 Å². The topological polar surface area (TPSA) is 94.3 Å². The average molecular weight is 447 g/mol. The number of benzene rings is 3. The zero-order valence-electron chi connectivity index (χ0n) is 16.7. The molecule has 3 N–H and O–H groups in total. The minimum Gasteiger partial charge on any atom is -0.457 e. The van der Waals surface area contributed by atoms with Crippen molar-refractivity contribution >= 4 is 28.3 Å². The van der Waals surface area contributed by atoms with Crippen LogP contribution in [-0.4, -0.2) is 16.8 Å². The summed E-state index contributed by atoms with van der Waals surface area (Å²) in [5.74, 6) is -0.00120. The van der Waals surface area contributed by atoms with Gasteiger partial charge in [0.25, 0.3) is 5.91 Å². The standard InChI is InChI=1S/C24H18FN3O3S/c25-18-3-1-2-15(12-18)13-21-14-27-24(32-21)28-23(30)17-6-10-20(11-7-17)31-19-8-4-16(5-9-19)22(26)29/h1-12,14H,13H2,(H2,26,29)(H,27,28,30). The minimum absolute atomic E-state index is 0.282. The Balaban J connectivity index is 1.35. The van der Waals surface area contributed by atoms with Crippen LogP contribution in [0.15, 0.2) is 79.0 Å². The van der Waals surface area contributed by atoms with E-state index in [0.717, 1.165) is 10.4 Å². The number of nitrogens with one attached hydrogen (secondary N) is 1. The highest BCUT2D eigenvalue weighted by Crippen LogP contribution is 2.24. The van der Waals surface area contributed by atoms with Crippen LogP contribution in [0.25, 0.3) is 0 Å². The van der Waals surface area contributed by atoms with Crippen LogP contribution in [0.3, 0.4) is 0 Å². The molecule has 0 fully saturated rings. The molecular weight excluding hydrogens is 429 g/mol. The Bertz CT molecular complexity index is 1250. The van der Waals surface area contributed by atoms with Crippen LogP contribution in [0, 0.1) is 5.82 Å². The summed E-state index contributed by atoms with van der Waals surface area (Å²) in [7, 11) is 0. The number of nitrogens with two attached hydrogens (primary N) is 1. The lowest BCUT2D eigenvalue weighted by molar-refractivity contribution is 0.0997. The molecule has 0 saturated carbocycles. The molecular formula is C24H18FN3O3S. The molecule has 0 saturated heterocycles. The number of amides is 2. The number of hydrogen-bond acceptors (Lipinski definition) is 5. The highest BCUT2D eigenvalue weighted by molar-refractivity contribution is 7.15. The molecule has 0 aliphatic rings. The van der Waals surface area contributed by atoms with Crippen molar-refractivity contribution in [2.45, 2.75) is 6.42 Å². The normalized spacial score (nSPS) is 10.5. The van der Waals surface area contributed by atoms with Crippen LogP contribution in [0.1, 0.15) is 31.2 Å². The van der Waals surface area contributed by atoms with Gasteiger partial charge in [0.15, 0.2) is 5.13 Å². The van der Waals surface area contributed by atoms with Gasteiger partial charge in [0.1, 0.15) is 17.3 Å². The maximum atomic E-state index is 13.3. The zero-order chi connectivity index (χ0) is 22.5. The quantitative estimate of drug-likeness (QED) is 0.416. The first-order valence-electron chi connectivity index (χ1n) is 9.64. The van der Waals surface area contributed by atoms with Crippen molar-refractivity contribution in [2.24, 2.45) is 5.73 Å². The van der Waals surface area contributed by atoms with Crippen molar-refractivity contribution in [2.75, 3.05) is 5.32 Å². The molecule has 1 heterocycles. The van der Waals surface area contributed by atoms with Crippen LogP contribution in [-0.2, 0) is 6.42 Å². The first kappa shape index (κ1) is 21.2. The first-order chi connectivity index (χ1) is 15.5. The van der Waals surface area contributed by atoms with E-state index in [9.17, 15) is 14.0 Å². The van der Waals surface area contributed by atoms with E-state index >= 15 is 0 Å². The van der Waals surface area contributed by atoms with E-state index in [0.29, 0.717) is 34.2 Å². The number of rotatable bonds is 7. The fourth-order valence-corrected chi connectivity index (χ4v) is 3.80. The molecule has 0 spiro atoms. The van der Waals surface area contributed by atoms with Gasteiger partial charge < -0.3 is 10.5 Å². The number of primary amides is 1. The molecule has 32 heavy (non-hydrogen) atoms. The van der Waals surface area contributed by atoms with Crippen molar-refractivity contribution in [3.8, 4) is 11.5 Å². The van der Waals surface area contributed by atoms with Crippen LogP contribution < -0.4 is 15.8 Å². The van der Waals surface area contributed by atoms with Gasteiger partial charge in [0, 0.05) is 28.6 Å². The van der Waals surface area contributed by atoms with E-state index < -0.39 is 5.91 Å². The van der Waals surface area contributed by atoms with E-state index in [1.54, 1.807) is 60.8 Å². The second-order valence-corrected chi connectivity index (χ2v) is 8.02. The molecule has 4 rings (SSSR count). The second kappa shape index (κ2) is 9.40. The van der Waals surface area contributed by atoms with Gasteiger partial charge in [-0.25, -0.2) is 9.37 Å². The van der Waals surface area contributed by atoms with Gasteiger partial charge in [-0.2, -0.15) is 0 Å².